The Bertz CT molecular complexity index is 450. The van der Waals surface area contributed by atoms with Crippen molar-refractivity contribution in [2.45, 2.75) is 19.9 Å². The Hall–Kier alpha value is -2.18. The quantitative estimate of drug-likeness (QED) is 0.334. The van der Waals surface area contributed by atoms with E-state index in [4.69, 9.17) is 0 Å². The standard InChI is InChI=1S/C10H13N3O4/c1-3-8(10(14)17-2)4-5-12-6-9(11-7-12)13(15)16/h4,6-7H,3,5H2,1-2H3. The highest BCUT2D eigenvalue weighted by Crippen LogP contribution is 2.08. The number of hydrogen-bond acceptors (Lipinski definition) is 5. The van der Waals surface area contributed by atoms with E-state index >= 15 is 0 Å². The van der Waals surface area contributed by atoms with Crippen LogP contribution in [0.25, 0.3) is 0 Å². The molecule has 0 atom stereocenters. The molecule has 7 heteroatoms. The van der Waals surface area contributed by atoms with Gasteiger partial charge in [-0.15, -0.1) is 0 Å². The minimum absolute atomic E-state index is 0.213. The molecule has 0 amide bonds. The molecule has 0 radical (unpaired) electrons. The number of nitrogens with zero attached hydrogens (tertiary/aromatic N) is 3. The first-order chi connectivity index (χ1) is 8.08. The van der Waals surface area contributed by atoms with Crippen molar-refractivity contribution in [3.8, 4) is 0 Å². The average molecular weight is 239 g/mol. The van der Waals surface area contributed by atoms with Crippen LogP contribution >= 0.6 is 0 Å². The number of allylic oxidation sites excluding steroid dienone is 1. The second-order valence-corrected chi connectivity index (χ2v) is 3.26. The van der Waals surface area contributed by atoms with Crippen molar-refractivity contribution in [1.29, 1.82) is 0 Å². The van der Waals surface area contributed by atoms with E-state index in [2.05, 4.69) is 9.72 Å². The number of nitro groups is 1. The van der Waals surface area contributed by atoms with E-state index in [0.29, 0.717) is 18.5 Å². The number of esters is 1. The molecular weight excluding hydrogens is 226 g/mol. The van der Waals surface area contributed by atoms with Gasteiger partial charge in [-0.1, -0.05) is 13.0 Å². The van der Waals surface area contributed by atoms with Crippen molar-refractivity contribution in [3.05, 3.63) is 34.3 Å². The molecule has 0 bridgehead atoms. The highest BCUT2D eigenvalue weighted by molar-refractivity contribution is 5.88. The Morgan fingerprint density at radius 1 is 1.71 bits per heavy atom. The molecule has 0 spiro atoms. The van der Waals surface area contributed by atoms with Crippen LogP contribution in [-0.4, -0.2) is 27.6 Å². The maximum absolute atomic E-state index is 11.3. The first-order valence-electron chi connectivity index (χ1n) is 5.02. The van der Waals surface area contributed by atoms with Gasteiger partial charge in [0.05, 0.1) is 7.11 Å². The highest BCUT2D eigenvalue weighted by Gasteiger charge is 2.10. The Morgan fingerprint density at radius 3 is 2.88 bits per heavy atom. The molecule has 1 rings (SSSR count). The Kier molecular flexibility index (Phi) is 4.38. The van der Waals surface area contributed by atoms with Crippen LogP contribution in [0.1, 0.15) is 13.3 Å². The Morgan fingerprint density at radius 2 is 2.41 bits per heavy atom. The van der Waals surface area contributed by atoms with E-state index in [1.165, 1.54) is 24.2 Å². The number of ether oxygens (including phenoxy) is 1. The highest BCUT2D eigenvalue weighted by atomic mass is 16.6. The van der Waals surface area contributed by atoms with Crippen LogP contribution < -0.4 is 0 Å². The van der Waals surface area contributed by atoms with E-state index in [0.717, 1.165) is 0 Å². The lowest BCUT2D eigenvalue weighted by Crippen LogP contribution is -2.05. The maximum Gasteiger partial charge on any atom is 0.381 e. The SMILES string of the molecule is CCC(=CCn1cnc([N+](=O)[O-])c1)C(=O)OC. The van der Waals surface area contributed by atoms with E-state index in [-0.39, 0.29) is 11.8 Å². The molecule has 1 heterocycles. The largest absolute Gasteiger partial charge is 0.466 e. The molecule has 0 N–H and O–H groups in total. The first kappa shape index (κ1) is 12.9. The molecular formula is C10H13N3O4. The maximum atomic E-state index is 11.3. The van der Waals surface area contributed by atoms with E-state index in [1.54, 1.807) is 6.08 Å². The lowest BCUT2D eigenvalue weighted by atomic mass is 10.2. The number of methoxy groups -OCH3 is 1. The van der Waals surface area contributed by atoms with E-state index in [9.17, 15) is 14.9 Å². The normalized spacial score (nSPS) is 11.3. The third-order valence-corrected chi connectivity index (χ3v) is 2.18. The van der Waals surface area contributed by atoms with Crippen molar-refractivity contribution < 1.29 is 14.5 Å². The lowest BCUT2D eigenvalue weighted by molar-refractivity contribution is -0.389. The van der Waals surface area contributed by atoms with Crippen molar-refractivity contribution >= 4 is 11.8 Å². The number of carbonyl (C=O) groups is 1. The number of imidazole rings is 1. The van der Waals surface area contributed by atoms with Crippen LogP contribution in [0, 0.1) is 10.1 Å². The van der Waals surface area contributed by atoms with Crippen LogP contribution in [0.4, 0.5) is 5.82 Å². The number of hydrogen-bond donors (Lipinski definition) is 0. The van der Waals surface area contributed by atoms with Gasteiger partial charge in [0.1, 0.15) is 6.20 Å². The summed E-state index contributed by atoms with van der Waals surface area (Å²) >= 11 is 0. The second kappa shape index (κ2) is 5.78. The summed E-state index contributed by atoms with van der Waals surface area (Å²) < 4.78 is 6.12. The summed E-state index contributed by atoms with van der Waals surface area (Å²) in [6.45, 7) is 2.18. The predicted octanol–water partition coefficient (Wildman–Crippen LogP) is 1.30. The fourth-order valence-electron chi connectivity index (χ4n) is 1.26. The van der Waals surface area contributed by atoms with Crippen LogP contribution in [0.3, 0.4) is 0 Å². The van der Waals surface area contributed by atoms with Gasteiger partial charge in [-0.25, -0.2) is 4.79 Å². The van der Waals surface area contributed by atoms with Crippen LogP contribution in [0.5, 0.6) is 0 Å². The fourth-order valence-corrected chi connectivity index (χ4v) is 1.26. The van der Waals surface area contributed by atoms with Crippen molar-refractivity contribution in [2.75, 3.05) is 7.11 Å². The monoisotopic (exact) mass is 239 g/mol. The van der Waals surface area contributed by atoms with Gasteiger partial charge >= 0.3 is 11.8 Å². The molecule has 0 aliphatic rings. The van der Waals surface area contributed by atoms with Gasteiger partial charge in [0, 0.05) is 12.1 Å². The van der Waals surface area contributed by atoms with Crippen molar-refractivity contribution in [2.24, 2.45) is 0 Å². The average Bonchev–Trinajstić information content (AvgIpc) is 2.78. The van der Waals surface area contributed by atoms with Crippen LogP contribution in [0.2, 0.25) is 0 Å². The minimum atomic E-state index is -0.568. The number of rotatable bonds is 5. The summed E-state index contributed by atoms with van der Waals surface area (Å²) in [6, 6.07) is 0. The molecule has 1 aromatic heterocycles. The number of carbonyl (C=O) groups excluding carboxylic acids is 1. The van der Waals surface area contributed by atoms with Crippen molar-refractivity contribution in [3.63, 3.8) is 0 Å². The van der Waals surface area contributed by atoms with Crippen molar-refractivity contribution in [1.82, 2.24) is 9.55 Å². The number of aromatic nitrogens is 2. The Balaban J connectivity index is 2.73. The topological polar surface area (TPSA) is 87.3 Å². The molecule has 0 fully saturated rings. The summed E-state index contributed by atoms with van der Waals surface area (Å²) in [5.74, 6) is -0.600. The summed E-state index contributed by atoms with van der Waals surface area (Å²) in [5.41, 5.74) is 0.531. The molecule has 0 unspecified atom stereocenters. The molecule has 0 aliphatic carbocycles. The third kappa shape index (κ3) is 3.40. The van der Waals surface area contributed by atoms with Gasteiger partial charge in [0.15, 0.2) is 0 Å². The fraction of sp³-hybridized carbons (Fsp3) is 0.400. The van der Waals surface area contributed by atoms with Gasteiger partial charge in [0.2, 0.25) is 6.33 Å². The third-order valence-electron chi connectivity index (χ3n) is 2.18. The van der Waals surface area contributed by atoms with Gasteiger partial charge in [-0.2, -0.15) is 0 Å². The van der Waals surface area contributed by atoms with Gasteiger partial charge < -0.3 is 19.4 Å². The van der Waals surface area contributed by atoms with Crippen LogP contribution in [0.15, 0.2) is 24.2 Å². The summed E-state index contributed by atoms with van der Waals surface area (Å²) in [5, 5.41) is 10.4. The van der Waals surface area contributed by atoms with E-state index in [1.807, 2.05) is 6.92 Å². The molecule has 1 aromatic rings. The smallest absolute Gasteiger partial charge is 0.381 e. The first-order valence-corrected chi connectivity index (χ1v) is 5.02. The van der Waals surface area contributed by atoms with Gasteiger partial charge in [-0.05, 0) is 16.3 Å². The minimum Gasteiger partial charge on any atom is -0.466 e. The molecule has 0 saturated carbocycles. The zero-order chi connectivity index (χ0) is 12.8. The van der Waals surface area contributed by atoms with Gasteiger partial charge in [-0.3, -0.25) is 0 Å². The zero-order valence-electron chi connectivity index (χ0n) is 9.62. The van der Waals surface area contributed by atoms with Crippen LogP contribution in [-0.2, 0) is 16.1 Å². The van der Waals surface area contributed by atoms with Gasteiger partial charge in [0.25, 0.3) is 0 Å². The lowest BCUT2D eigenvalue weighted by Gasteiger charge is -2.01. The molecule has 92 valence electrons. The van der Waals surface area contributed by atoms with E-state index < -0.39 is 4.92 Å². The molecule has 17 heavy (non-hydrogen) atoms. The molecule has 0 aliphatic heterocycles. The Labute approximate surface area is 97.9 Å². The molecule has 0 aromatic carbocycles. The molecule has 7 nitrogen and oxygen atoms in total. The molecule has 0 saturated heterocycles. The zero-order valence-corrected chi connectivity index (χ0v) is 9.62. The second-order valence-electron chi connectivity index (χ2n) is 3.26. The summed E-state index contributed by atoms with van der Waals surface area (Å²) in [6.07, 6.45) is 4.86. The predicted molar refractivity (Wildman–Crippen MR) is 59.3 cm³/mol. The summed E-state index contributed by atoms with van der Waals surface area (Å²) in [7, 11) is 1.31. The summed E-state index contributed by atoms with van der Waals surface area (Å²) in [4.78, 5) is 24.7.